The van der Waals surface area contributed by atoms with E-state index in [1.807, 2.05) is 0 Å². The van der Waals surface area contributed by atoms with Crippen molar-refractivity contribution in [2.45, 2.75) is 19.3 Å². The summed E-state index contributed by atoms with van der Waals surface area (Å²) < 4.78 is 23.5. The van der Waals surface area contributed by atoms with E-state index >= 15 is 0 Å². The lowest BCUT2D eigenvalue weighted by atomic mass is 10.2. The third-order valence-electron chi connectivity index (χ3n) is 2.29. The Kier molecular flexibility index (Phi) is 7.34. The molecule has 17 heavy (non-hydrogen) atoms. The van der Waals surface area contributed by atoms with Gasteiger partial charge < -0.3 is 15.2 Å². The summed E-state index contributed by atoms with van der Waals surface area (Å²) in [5.74, 6) is 0.252. The highest BCUT2D eigenvalue weighted by molar-refractivity contribution is 5.22. The summed E-state index contributed by atoms with van der Waals surface area (Å²) in [5, 5.41) is 0. The Morgan fingerprint density at radius 3 is 2.71 bits per heavy atom. The van der Waals surface area contributed by atoms with Crippen LogP contribution in [0.25, 0.3) is 0 Å². The molecule has 2 N–H and O–H groups in total. The summed E-state index contributed by atoms with van der Waals surface area (Å²) in [6.07, 6.45) is 3.17. The minimum atomic E-state index is -0.287. The molecule has 1 aromatic rings. The van der Waals surface area contributed by atoms with Crippen molar-refractivity contribution in [3.05, 3.63) is 30.1 Å². The second-order valence-electron chi connectivity index (χ2n) is 3.77. The zero-order valence-corrected chi connectivity index (χ0v) is 10.0. The first kappa shape index (κ1) is 13.9. The molecule has 4 heteroatoms. The molecule has 0 heterocycles. The number of hydrogen-bond donors (Lipinski definition) is 1. The first-order valence-corrected chi connectivity index (χ1v) is 5.99. The number of rotatable bonds is 9. The first-order valence-electron chi connectivity index (χ1n) is 5.99. The molecule has 0 fully saturated rings. The van der Waals surface area contributed by atoms with Gasteiger partial charge in [0.2, 0.25) is 0 Å². The second kappa shape index (κ2) is 8.96. The van der Waals surface area contributed by atoms with E-state index in [1.165, 1.54) is 12.1 Å². The Labute approximate surface area is 102 Å². The zero-order chi connectivity index (χ0) is 12.3. The van der Waals surface area contributed by atoms with E-state index in [1.54, 1.807) is 12.1 Å². The highest BCUT2D eigenvalue weighted by Crippen LogP contribution is 2.11. The van der Waals surface area contributed by atoms with Crippen LogP contribution in [-0.4, -0.2) is 26.4 Å². The lowest BCUT2D eigenvalue weighted by Gasteiger charge is -2.07. The summed E-state index contributed by atoms with van der Waals surface area (Å²) in [6, 6.07) is 6.10. The largest absolute Gasteiger partial charge is 0.491 e. The molecule has 0 aromatic heterocycles. The Bertz CT molecular complexity index is 307. The summed E-state index contributed by atoms with van der Waals surface area (Å²) in [5.41, 5.74) is 5.38. The van der Waals surface area contributed by atoms with Crippen molar-refractivity contribution >= 4 is 0 Å². The van der Waals surface area contributed by atoms with E-state index in [-0.39, 0.29) is 5.82 Å². The number of nitrogens with two attached hydrogens (primary N) is 1. The maximum Gasteiger partial charge on any atom is 0.126 e. The average Bonchev–Trinajstić information content (AvgIpc) is 2.33. The van der Waals surface area contributed by atoms with E-state index in [0.29, 0.717) is 19.0 Å². The van der Waals surface area contributed by atoms with Crippen molar-refractivity contribution in [3.8, 4) is 5.75 Å². The van der Waals surface area contributed by atoms with E-state index in [4.69, 9.17) is 15.2 Å². The Morgan fingerprint density at radius 2 is 1.94 bits per heavy atom. The van der Waals surface area contributed by atoms with Gasteiger partial charge in [-0.25, -0.2) is 4.39 Å². The molecule has 0 amide bonds. The molecule has 1 aromatic carbocycles. The summed E-state index contributed by atoms with van der Waals surface area (Å²) in [7, 11) is 0. The molecule has 0 aliphatic heterocycles. The van der Waals surface area contributed by atoms with Gasteiger partial charge >= 0.3 is 0 Å². The molecule has 0 saturated heterocycles. The molecule has 3 nitrogen and oxygen atoms in total. The third kappa shape index (κ3) is 6.92. The summed E-state index contributed by atoms with van der Waals surface area (Å²) in [6.45, 7) is 2.44. The molecule has 0 unspecified atom stereocenters. The van der Waals surface area contributed by atoms with Gasteiger partial charge in [-0.1, -0.05) is 6.07 Å². The Balaban J connectivity index is 1.97. The zero-order valence-electron chi connectivity index (χ0n) is 10.0. The van der Waals surface area contributed by atoms with Crippen molar-refractivity contribution < 1.29 is 13.9 Å². The van der Waals surface area contributed by atoms with Crippen LogP contribution in [0, 0.1) is 5.82 Å². The number of unbranched alkanes of at least 4 members (excludes halogenated alkanes) is 2. The maximum atomic E-state index is 12.8. The summed E-state index contributed by atoms with van der Waals surface area (Å²) >= 11 is 0. The van der Waals surface area contributed by atoms with E-state index < -0.39 is 0 Å². The Hall–Kier alpha value is -1.13. The van der Waals surface area contributed by atoms with Crippen LogP contribution in [-0.2, 0) is 4.74 Å². The van der Waals surface area contributed by atoms with E-state index in [9.17, 15) is 4.39 Å². The molecule has 0 atom stereocenters. The van der Waals surface area contributed by atoms with Gasteiger partial charge in [0.1, 0.15) is 18.2 Å². The van der Waals surface area contributed by atoms with Gasteiger partial charge in [0.25, 0.3) is 0 Å². The molecule has 0 aliphatic rings. The van der Waals surface area contributed by atoms with Crippen LogP contribution >= 0.6 is 0 Å². The van der Waals surface area contributed by atoms with Gasteiger partial charge in [-0.2, -0.15) is 0 Å². The van der Waals surface area contributed by atoms with Crippen LogP contribution in [0.1, 0.15) is 19.3 Å². The molecular formula is C13H20FNO2. The predicted octanol–water partition coefficient (Wildman–Crippen LogP) is 2.35. The van der Waals surface area contributed by atoms with Crippen molar-refractivity contribution in [3.63, 3.8) is 0 Å². The SMILES string of the molecule is NCCCCCOCCOc1cccc(F)c1. The van der Waals surface area contributed by atoms with Crippen molar-refractivity contribution in [1.29, 1.82) is 0 Å². The molecule has 1 rings (SSSR count). The van der Waals surface area contributed by atoms with Gasteiger partial charge in [0, 0.05) is 12.7 Å². The molecular weight excluding hydrogens is 221 g/mol. The van der Waals surface area contributed by atoms with Gasteiger partial charge in [0.05, 0.1) is 6.61 Å². The third-order valence-corrected chi connectivity index (χ3v) is 2.29. The molecule has 0 saturated carbocycles. The molecule has 0 spiro atoms. The molecule has 0 bridgehead atoms. The number of ether oxygens (including phenoxy) is 2. The van der Waals surface area contributed by atoms with Crippen molar-refractivity contribution in [1.82, 2.24) is 0 Å². The van der Waals surface area contributed by atoms with Gasteiger partial charge in [0.15, 0.2) is 0 Å². The van der Waals surface area contributed by atoms with Gasteiger partial charge in [-0.05, 0) is 37.9 Å². The van der Waals surface area contributed by atoms with Gasteiger partial charge in [-0.15, -0.1) is 0 Å². The smallest absolute Gasteiger partial charge is 0.126 e. The minimum absolute atomic E-state index is 0.287. The molecule has 0 radical (unpaired) electrons. The Morgan fingerprint density at radius 1 is 1.06 bits per heavy atom. The number of halogens is 1. The van der Waals surface area contributed by atoms with Gasteiger partial charge in [-0.3, -0.25) is 0 Å². The molecule has 96 valence electrons. The van der Waals surface area contributed by atoms with Crippen LogP contribution in [0.5, 0.6) is 5.75 Å². The highest BCUT2D eigenvalue weighted by Gasteiger charge is 1.95. The van der Waals surface area contributed by atoms with Crippen LogP contribution < -0.4 is 10.5 Å². The summed E-state index contributed by atoms with van der Waals surface area (Å²) in [4.78, 5) is 0. The highest BCUT2D eigenvalue weighted by atomic mass is 19.1. The normalized spacial score (nSPS) is 10.5. The fraction of sp³-hybridized carbons (Fsp3) is 0.538. The number of hydrogen-bond acceptors (Lipinski definition) is 3. The monoisotopic (exact) mass is 241 g/mol. The lowest BCUT2D eigenvalue weighted by Crippen LogP contribution is -2.08. The number of benzene rings is 1. The van der Waals surface area contributed by atoms with Crippen LogP contribution in [0.4, 0.5) is 4.39 Å². The van der Waals surface area contributed by atoms with E-state index in [2.05, 4.69) is 0 Å². The van der Waals surface area contributed by atoms with Crippen molar-refractivity contribution in [2.75, 3.05) is 26.4 Å². The van der Waals surface area contributed by atoms with Crippen LogP contribution in [0.15, 0.2) is 24.3 Å². The quantitative estimate of drug-likeness (QED) is 0.675. The topological polar surface area (TPSA) is 44.5 Å². The fourth-order valence-corrected chi connectivity index (χ4v) is 1.40. The minimum Gasteiger partial charge on any atom is -0.491 e. The lowest BCUT2D eigenvalue weighted by molar-refractivity contribution is 0.0971. The van der Waals surface area contributed by atoms with Crippen LogP contribution in [0.2, 0.25) is 0 Å². The van der Waals surface area contributed by atoms with Crippen LogP contribution in [0.3, 0.4) is 0 Å². The standard InChI is InChI=1S/C13H20FNO2/c14-12-5-4-6-13(11-12)17-10-9-16-8-3-1-2-7-15/h4-6,11H,1-3,7-10,15H2. The molecule has 0 aliphatic carbocycles. The second-order valence-corrected chi connectivity index (χ2v) is 3.77. The van der Waals surface area contributed by atoms with E-state index in [0.717, 1.165) is 32.4 Å². The maximum absolute atomic E-state index is 12.8. The first-order chi connectivity index (χ1) is 8.33. The van der Waals surface area contributed by atoms with Crippen molar-refractivity contribution in [2.24, 2.45) is 5.73 Å². The fourth-order valence-electron chi connectivity index (χ4n) is 1.40. The average molecular weight is 241 g/mol. The predicted molar refractivity (Wildman–Crippen MR) is 65.6 cm³/mol.